The van der Waals surface area contributed by atoms with Crippen LogP contribution in [0.2, 0.25) is 0 Å². The summed E-state index contributed by atoms with van der Waals surface area (Å²) in [5, 5.41) is 5.69. The number of anilines is 4. The van der Waals surface area contributed by atoms with Gasteiger partial charge in [-0.3, -0.25) is 9.36 Å². The van der Waals surface area contributed by atoms with Gasteiger partial charge in [0.25, 0.3) is 0 Å². The van der Waals surface area contributed by atoms with Crippen molar-refractivity contribution in [3.8, 4) is 5.69 Å². The van der Waals surface area contributed by atoms with Crippen LogP contribution in [0.4, 0.5) is 27.4 Å². The van der Waals surface area contributed by atoms with Gasteiger partial charge in [0, 0.05) is 24.5 Å². The van der Waals surface area contributed by atoms with Gasteiger partial charge in [0.15, 0.2) is 5.65 Å². The third-order valence-corrected chi connectivity index (χ3v) is 5.44. The first-order valence-electron chi connectivity index (χ1n) is 10.7. The second-order valence-corrected chi connectivity index (χ2v) is 7.65. The van der Waals surface area contributed by atoms with Gasteiger partial charge in [-0.2, -0.15) is 4.98 Å². The summed E-state index contributed by atoms with van der Waals surface area (Å²) in [5.74, 6) is -0.460. The number of aromatic nitrogens is 4. The van der Waals surface area contributed by atoms with Gasteiger partial charge in [0.1, 0.15) is 17.7 Å². The molecule has 5 rings (SSSR count). The van der Waals surface area contributed by atoms with Crippen LogP contribution in [-0.4, -0.2) is 51.7 Å². The Morgan fingerprint density at radius 2 is 1.97 bits per heavy atom. The number of carbonyl (C=O) groups is 1. The maximum absolute atomic E-state index is 14.8. The summed E-state index contributed by atoms with van der Waals surface area (Å²) in [5.41, 5.74) is 3.55. The number of amides is 1. The van der Waals surface area contributed by atoms with Crippen LogP contribution in [-0.2, 0) is 9.53 Å². The number of morpholine rings is 1. The Balaban J connectivity index is 1.41. The van der Waals surface area contributed by atoms with Crippen molar-refractivity contribution in [1.82, 2.24) is 19.5 Å². The Hall–Kier alpha value is -4.31. The molecule has 2 N–H and O–H groups in total. The Bertz CT molecular complexity index is 1360. The molecule has 1 amide bonds. The second kappa shape index (κ2) is 9.28. The van der Waals surface area contributed by atoms with E-state index in [4.69, 9.17) is 4.74 Å². The molecule has 0 aliphatic carbocycles. The van der Waals surface area contributed by atoms with Gasteiger partial charge in [-0.05, 0) is 42.5 Å². The van der Waals surface area contributed by atoms with Crippen LogP contribution in [0, 0.1) is 5.82 Å². The molecule has 0 atom stereocenters. The van der Waals surface area contributed by atoms with E-state index >= 15 is 0 Å². The molecule has 1 fully saturated rings. The summed E-state index contributed by atoms with van der Waals surface area (Å²) in [6.07, 6.45) is 4.40. The second-order valence-electron chi connectivity index (χ2n) is 7.65. The molecular weight excluding hydrogens is 437 g/mol. The van der Waals surface area contributed by atoms with Crippen LogP contribution >= 0.6 is 0 Å². The van der Waals surface area contributed by atoms with Crippen LogP contribution in [0.5, 0.6) is 0 Å². The Labute approximate surface area is 194 Å². The smallest absolute Gasteiger partial charge is 0.247 e. The number of benzene rings is 2. The van der Waals surface area contributed by atoms with Crippen molar-refractivity contribution in [1.29, 1.82) is 0 Å². The fourth-order valence-corrected chi connectivity index (χ4v) is 3.73. The number of ether oxygens (including phenoxy) is 1. The highest BCUT2D eigenvalue weighted by Gasteiger charge is 2.15. The molecule has 0 unspecified atom stereocenters. The fraction of sp³-hybridized carbons (Fsp3) is 0.167. The van der Waals surface area contributed by atoms with E-state index < -0.39 is 5.82 Å². The third-order valence-electron chi connectivity index (χ3n) is 5.44. The van der Waals surface area contributed by atoms with E-state index in [0.717, 1.165) is 24.5 Å². The lowest BCUT2D eigenvalue weighted by molar-refractivity contribution is -0.111. The number of rotatable bonds is 6. The molecule has 1 aliphatic heterocycles. The van der Waals surface area contributed by atoms with Crippen LogP contribution in [0.15, 0.2) is 67.6 Å². The molecule has 4 aromatic rings. The molecule has 10 heteroatoms. The molecule has 9 nitrogen and oxygen atoms in total. The van der Waals surface area contributed by atoms with E-state index in [1.165, 1.54) is 12.1 Å². The lowest BCUT2D eigenvalue weighted by Gasteiger charge is -2.29. The van der Waals surface area contributed by atoms with Gasteiger partial charge in [-0.1, -0.05) is 12.6 Å². The average Bonchev–Trinajstić information content (AvgIpc) is 3.29. The van der Waals surface area contributed by atoms with Crippen LogP contribution in [0.1, 0.15) is 0 Å². The predicted octanol–water partition coefficient (Wildman–Crippen LogP) is 3.66. The molecule has 172 valence electrons. The molecule has 3 heterocycles. The number of fused-ring (bicyclic) bond motifs is 1. The van der Waals surface area contributed by atoms with Crippen LogP contribution < -0.4 is 15.5 Å². The maximum Gasteiger partial charge on any atom is 0.247 e. The summed E-state index contributed by atoms with van der Waals surface area (Å²) in [6, 6.07) is 12.3. The van der Waals surface area contributed by atoms with Crippen molar-refractivity contribution in [2.45, 2.75) is 0 Å². The van der Waals surface area contributed by atoms with Crippen LogP contribution in [0.25, 0.3) is 16.9 Å². The molecule has 2 aromatic carbocycles. The van der Waals surface area contributed by atoms with Crippen molar-refractivity contribution < 1.29 is 13.9 Å². The van der Waals surface area contributed by atoms with Crippen molar-refractivity contribution >= 4 is 40.1 Å². The minimum atomic E-state index is -0.396. The molecule has 0 saturated carbocycles. The normalized spacial score (nSPS) is 13.6. The van der Waals surface area contributed by atoms with Gasteiger partial charge >= 0.3 is 0 Å². The lowest BCUT2D eigenvalue weighted by Crippen LogP contribution is -2.36. The number of hydrogen-bond donors (Lipinski definition) is 2. The van der Waals surface area contributed by atoms with E-state index in [0.29, 0.717) is 30.1 Å². The van der Waals surface area contributed by atoms with Gasteiger partial charge in [0.05, 0.1) is 30.8 Å². The topological polar surface area (TPSA) is 97.2 Å². The average molecular weight is 459 g/mol. The van der Waals surface area contributed by atoms with E-state index in [9.17, 15) is 9.18 Å². The summed E-state index contributed by atoms with van der Waals surface area (Å²) < 4.78 is 22.0. The number of halogens is 1. The number of nitrogens with one attached hydrogen (secondary N) is 2. The van der Waals surface area contributed by atoms with E-state index in [1.54, 1.807) is 35.3 Å². The highest BCUT2D eigenvalue weighted by atomic mass is 19.1. The monoisotopic (exact) mass is 459 g/mol. The zero-order chi connectivity index (χ0) is 23.5. The quantitative estimate of drug-likeness (QED) is 0.425. The molecule has 0 radical (unpaired) electrons. The zero-order valence-corrected chi connectivity index (χ0v) is 18.2. The number of nitrogens with zero attached hydrogens (tertiary/aromatic N) is 5. The Kier molecular flexibility index (Phi) is 5.88. The summed E-state index contributed by atoms with van der Waals surface area (Å²) >= 11 is 0. The maximum atomic E-state index is 14.8. The SMILES string of the molecule is C=CC(=O)Nc1cccc(-n2cnc3cnc(Nc4ccc(N5CCOCC5)cc4F)nc32)c1. The summed E-state index contributed by atoms with van der Waals surface area (Å²) in [4.78, 5) is 26.9. The molecule has 1 saturated heterocycles. The molecule has 0 spiro atoms. The van der Waals surface area contributed by atoms with Gasteiger partial charge in [-0.15, -0.1) is 0 Å². The largest absolute Gasteiger partial charge is 0.378 e. The van der Waals surface area contributed by atoms with Crippen molar-refractivity contribution in [3.63, 3.8) is 0 Å². The first-order chi connectivity index (χ1) is 16.6. The number of imidazole rings is 1. The third kappa shape index (κ3) is 4.44. The zero-order valence-electron chi connectivity index (χ0n) is 18.2. The Morgan fingerprint density at radius 3 is 2.76 bits per heavy atom. The minimum absolute atomic E-state index is 0.239. The van der Waals surface area contributed by atoms with Crippen molar-refractivity contribution in [3.05, 3.63) is 73.5 Å². The van der Waals surface area contributed by atoms with Gasteiger partial charge in [-0.25, -0.2) is 14.4 Å². The lowest BCUT2D eigenvalue weighted by atomic mass is 10.2. The summed E-state index contributed by atoms with van der Waals surface area (Å²) in [7, 11) is 0. The van der Waals surface area contributed by atoms with E-state index in [-0.39, 0.29) is 17.5 Å². The number of carbonyl (C=O) groups excluding carboxylic acids is 1. The molecule has 0 bridgehead atoms. The highest BCUT2D eigenvalue weighted by Crippen LogP contribution is 2.26. The Morgan fingerprint density at radius 1 is 1.12 bits per heavy atom. The fourth-order valence-electron chi connectivity index (χ4n) is 3.73. The van der Waals surface area contributed by atoms with E-state index in [1.807, 2.05) is 18.2 Å². The first-order valence-corrected chi connectivity index (χ1v) is 10.7. The molecule has 34 heavy (non-hydrogen) atoms. The molecule has 1 aliphatic rings. The minimum Gasteiger partial charge on any atom is -0.378 e. The summed E-state index contributed by atoms with van der Waals surface area (Å²) in [6.45, 7) is 6.19. The highest BCUT2D eigenvalue weighted by molar-refractivity contribution is 5.99. The predicted molar refractivity (Wildman–Crippen MR) is 128 cm³/mol. The van der Waals surface area contributed by atoms with Gasteiger partial charge in [0.2, 0.25) is 11.9 Å². The standard InChI is InChI=1S/C24H22FN7O2/c1-2-22(33)28-16-4-3-5-18(12-16)32-15-27-21-14-26-24(30-23(21)32)29-20-7-6-17(13-19(20)25)31-8-10-34-11-9-31/h2-7,12-15H,1,8-11H2,(H,28,33)(H,26,29,30). The first kappa shape index (κ1) is 21.5. The molecular formula is C24H22FN7O2. The molecule has 2 aromatic heterocycles. The van der Waals surface area contributed by atoms with Gasteiger partial charge < -0.3 is 20.3 Å². The van der Waals surface area contributed by atoms with Crippen LogP contribution in [0.3, 0.4) is 0 Å². The number of hydrogen-bond acceptors (Lipinski definition) is 7. The van der Waals surface area contributed by atoms with Crippen molar-refractivity contribution in [2.75, 3.05) is 41.8 Å². The van der Waals surface area contributed by atoms with E-state index in [2.05, 4.69) is 37.1 Å². The van der Waals surface area contributed by atoms with Crippen molar-refractivity contribution in [2.24, 2.45) is 0 Å².